The molecule has 2 aliphatic rings. The lowest BCUT2D eigenvalue weighted by Crippen LogP contribution is -2.36. The van der Waals surface area contributed by atoms with Crippen LogP contribution in [-0.2, 0) is 13.0 Å². The van der Waals surface area contributed by atoms with E-state index in [4.69, 9.17) is 5.73 Å². The van der Waals surface area contributed by atoms with E-state index in [9.17, 15) is 9.59 Å². The highest BCUT2D eigenvalue weighted by molar-refractivity contribution is 5.96. The number of rotatable bonds is 3. The zero-order chi connectivity index (χ0) is 19.7. The first-order valence-corrected chi connectivity index (χ1v) is 9.94. The molecule has 1 atom stereocenters. The minimum atomic E-state index is -0.513. The Balaban J connectivity index is 1.56. The lowest BCUT2D eigenvalue weighted by atomic mass is 10.1. The lowest BCUT2D eigenvalue weighted by Gasteiger charge is -2.25. The Hall–Kier alpha value is -2.90. The van der Waals surface area contributed by atoms with Crippen LogP contribution < -0.4 is 11.1 Å². The van der Waals surface area contributed by atoms with Gasteiger partial charge in [-0.05, 0) is 50.3 Å². The molecule has 4 rings (SSSR count). The number of primary amides is 1. The van der Waals surface area contributed by atoms with Gasteiger partial charge in [-0.3, -0.25) is 4.79 Å². The monoisotopic (exact) mass is 382 g/mol. The smallest absolute Gasteiger partial charge is 0.322 e. The molecule has 2 aliphatic heterocycles. The van der Waals surface area contributed by atoms with E-state index in [0.717, 1.165) is 55.9 Å². The summed E-state index contributed by atoms with van der Waals surface area (Å²) in [5.74, 6) is 1.41. The fraction of sp³-hybridized carbons (Fsp3) is 0.500. The number of anilines is 1. The molecule has 148 valence electrons. The average Bonchev–Trinajstić information content (AvgIpc) is 3.24. The molecule has 1 aromatic carbocycles. The van der Waals surface area contributed by atoms with E-state index < -0.39 is 5.91 Å². The van der Waals surface area contributed by atoms with Crippen molar-refractivity contribution >= 4 is 17.6 Å². The second-order valence-corrected chi connectivity index (χ2v) is 7.61. The first-order chi connectivity index (χ1) is 13.5. The van der Waals surface area contributed by atoms with Gasteiger partial charge in [0.15, 0.2) is 5.82 Å². The second-order valence-electron chi connectivity index (χ2n) is 7.61. The number of amides is 3. The van der Waals surface area contributed by atoms with Crippen LogP contribution in [-0.4, -0.2) is 38.1 Å². The summed E-state index contributed by atoms with van der Waals surface area (Å²) in [7, 11) is 0. The summed E-state index contributed by atoms with van der Waals surface area (Å²) in [6, 6.07) is 4.83. The van der Waals surface area contributed by atoms with Gasteiger partial charge >= 0.3 is 6.03 Å². The maximum absolute atomic E-state index is 13.0. The number of aromatic nitrogens is 3. The number of urea groups is 1. The van der Waals surface area contributed by atoms with Crippen LogP contribution >= 0.6 is 0 Å². The molecule has 0 aliphatic carbocycles. The molecule has 3 heterocycles. The van der Waals surface area contributed by atoms with Crippen LogP contribution in [0, 0.1) is 6.92 Å². The molecule has 0 spiro atoms. The number of nitrogens with one attached hydrogen (secondary N) is 1. The summed E-state index contributed by atoms with van der Waals surface area (Å²) in [5, 5.41) is 11.8. The second kappa shape index (κ2) is 7.61. The maximum Gasteiger partial charge on any atom is 0.322 e. The summed E-state index contributed by atoms with van der Waals surface area (Å²) in [6.07, 6.45) is 6.23. The van der Waals surface area contributed by atoms with Gasteiger partial charge in [0.25, 0.3) is 0 Å². The van der Waals surface area contributed by atoms with Gasteiger partial charge in [0.2, 0.25) is 5.91 Å². The fourth-order valence-corrected chi connectivity index (χ4v) is 4.13. The minimum Gasteiger partial charge on any atom is -0.366 e. The van der Waals surface area contributed by atoms with Crippen molar-refractivity contribution in [3.05, 3.63) is 41.0 Å². The number of carbonyl (C=O) groups excluding carboxylic acids is 2. The van der Waals surface area contributed by atoms with Crippen LogP contribution in [0.2, 0.25) is 0 Å². The number of benzene rings is 1. The number of hydrogen-bond donors (Lipinski definition) is 2. The largest absolute Gasteiger partial charge is 0.366 e. The van der Waals surface area contributed by atoms with Crippen molar-refractivity contribution in [3.63, 3.8) is 0 Å². The fourth-order valence-electron chi connectivity index (χ4n) is 4.13. The Bertz CT molecular complexity index is 906. The van der Waals surface area contributed by atoms with E-state index in [1.807, 2.05) is 11.8 Å². The number of fused-ring (bicyclic) bond motifs is 1. The van der Waals surface area contributed by atoms with Crippen molar-refractivity contribution in [2.75, 3.05) is 11.9 Å². The molecule has 3 amide bonds. The predicted octanol–water partition coefficient (Wildman–Crippen LogP) is 2.78. The van der Waals surface area contributed by atoms with Gasteiger partial charge in [-0.1, -0.05) is 12.5 Å². The normalized spacial score (nSPS) is 19.2. The lowest BCUT2D eigenvalue weighted by molar-refractivity contribution is 0.1000. The number of carbonyl (C=O) groups is 2. The van der Waals surface area contributed by atoms with E-state index in [1.165, 1.54) is 6.42 Å². The third kappa shape index (κ3) is 3.46. The van der Waals surface area contributed by atoms with Crippen molar-refractivity contribution in [2.24, 2.45) is 5.73 Å². The van der Waals surface area contributed by atoms with Crippen LogP contribution in [0.15, 0.2) is 18.2 Å². The molecule has 2 aromatic rings. The summed E-state index contributed by atoms with van der Waals surface area (Å²) < 4.78 is 2.21. The Morgan fingerprint density at radius 2 is 2.00 bits per heavy atom. The molecule has 1 aromatic heterocycles. The van der Waals surface area contributed by atoms with Crippen molar-refractivity contribution in [3.8, 4) is 0 Å². The standard InChI is InChI=1S/C20H26N6O2/c1-13-8-9-14(18(21)27)12-15(13)22-20(28)25-11-5-6-16(25)19-24-23-17-7-3-2-4-10-26(17)19/h8-9,12,16H,2-7,10-11H2,1H3,(H2,21,27)(H,22,28). The zero-order valence-corrected chi connectivity index (χ0v) is 16.1. The first kappa shape index (κ1) is 18.5. The molecule has 8 heteroatoms. The first-order valence-electron chi connectivity index (χ1n) is 9.94. The van der Waals surface area contributed by atoms with E-state index in [-0.39, 0.29) is 12.1 Å². The van der Waals surface area contributed by atoms with Crippen molar-refractivity contribution in [1.82, 2.24) is 19.7 Å². The summed E-state index contributed by atoms with van der Waals surface area (Å²) in [4.78, 5) is 26.3. The third-order valence-corrected chi connectivity index (χ3v) is 5.71. The van der Waals surface area contributed by atoms with Crippen molar-refractivity contribution < 1.29 is 9.59 Å². The highest BCUT2D eigenvalue weighted by Crippen LogP contribution is 2.33. The van der Waals surface area contributed by atoms with E-state index in [1.54, 1.807) is 18.2 Å². The van der Waals surface area contributed by atoms with Crippen LogP contribution in [0.4, 0.5) is 10.5 Å². The van der Waals surface area contributed by atoms with E-state index >= 15 is 0 Å². The van der Waals surface area contributed by atoms with Crippen LogP contribution in [0.25, 0.3) is 0 Å². The van der Waals surface area contributed by atoms with Crippen molar-refractivity contribution in [1.29, 1.82) is 0 Å². The number of hydrogen-bond acceptors (Lipinski definition) is 4. The van der Waals surface area contributed by atoms with Gasteiger partial charge in [-0.15, -0.1) is 10.2 Å². The summed E-state index contributed by atoms with van der Waals surface area (Å²) >= 11 is 0. The molecule has 1 saturated heterocycles. The Kier molecular flexibility index (Phi) is 5.02. The van der Waals surface area contributed by atoms with Gasteiger partial charge < -0.3 is 20.5 Å². The highest BCUT2D eigenvalue weighted by atomic mass is 16.2. The van der Waals surface area contributed by atoms with E-state index in [2.05, 4.69) is 20.1 Å². The molecular formula is C20H26N6O2. The van der Waals surface area contributed by atoms with Crippen LogP contribution in [0.3, 0.4) is 0 Å². The topological polar surface area (TPSA) is 106 Å². The van der Waals surface area contributed by atoms with Crippen LogP contribution in [0.5, 0.6) is 0 Å². The van der Waals surface area contributed by atoms with Gasteiger partial charge in [0.05, 0.1) is 6.04 Å². The number of nitrogens with zero attached hydrogens (tertiary/aromatic N) is 4. The highest BCUT2D eigenvalue weighted by Gasteiger charge is 2.34. The molecule has 8 nitrogen and oxygen atoms in total. The number of likely N-dealkylation sites (tertiary alicyclic amines) is 1. The molecule has 3 N–H and O–H groups in total. The minimum absolute atomic E-state index is 0.0704. The maximum atomic E-state index is 13.0. The van der Waals surface area contributed by atoms with E-state index in [0.29, 0.717) is 17.8 Å². The van der Waals surface area contributed by atoms with Gasteiger partial charge in [0.1, 0.15) is 5.82 Å². The third-order valence-electron chi connectivity index (χ3n) is 5.71. The predicted molar refractivity (Wildman–Crippen MR) is 105 cm³/mol. The van der Waals surface area contributed by atoms with Gasteiger partial charge in [-0.25, -0.2) is 4.79 Å². The Labute approximate surface area is 164 Å². The Morgan fingerprint density at radius 3 is 2.82 bits per heavy atom. The molecule has 0 radical (unpaired) electrons. The molecule has 28 heavy (non-hydrogen) atoms. The average molecular weight is 382 g/mol. The van der Waals surface area contributed by atoms with Gasteiger partial charge in [0, 0.05) is 30.8 Å². The molecule has 1 unspecified atom stereocenters. The molecular weight excluding hydrogens is 356 g/mol. The molecule has 0 bridgehead atoms. The number of nitrogens with two attached hydrogens (primary N) is 1. The Morgan fingerprint density at radius 1 is 1.14 bits per heavy atom. The van der Waals surface area contributed by atoms with Gasteiger partial charge in [-0.2, -0.15) is 0 Å². The SMILES string of the molecule is Cc1ccc(C(N)=O)cc1NC(=O)N1CCCC1c1nnc2n1CCCCC2. The summed E-state index contributed by atoms with van der Waals surface area (Å²) in [6.45, 7) is 3.48. The number of aryl methyl sites for hydroxylation is 2. The molecule has 0 saturated carbocycles. The van der Waals surface area contributed by atoms with Crippen LogP contribution in [0.1, 0.15) is 65.7 Å². The quantitative estimate of drug-likeness (QED) is 0.851. The zero-order valence-electron chi connectivity index (χ0n) is 16.1. The molecule has 1 fully saturated rings. The summed E-state index contributed by atoms with van der Waals surface area (Å²) in [5.41, 5.74) is 7.23. The van der Waals surface area contributed by atoms with Crippen molar-refractivity contribution in [2.45, 2.75) is 58.0 Å².